The molecule has 0 spiro atoms. The average Bonchev–Trinajstić information content (AvgIpc) is 3.17. The number of carbonyl (C=O) groups excluding carboxylic acids is 1. The van der Waals surface area contributed by atoms with Gasteiger partial charge in [-0.25, -0.2) is 0 Å². The van der Waals surface area contributed by atoms with Crippen LogP contribution < -0.4 is 0 Å². The van der Waals surface area contributed by atoms with Crippen LogP contribution >= 0.6 is 23.2 Å². The lowest BCUT2D eigenvalue weighted by molar-refractivity contribution is 0.0707. The molecule has 4 nitrogen and oxygen atoms in total. The van der Waals surface area contributed by atoms with Gasteiger partial charge in [-0.2, -0.15) is 0 Å². The highest BCUT2D eigenvalue weighted by Gasteiger charge is 2.33. The number of aliphatic hydroxyl groups excluding tert-OH is 1. The standard InChI is InChI=1S/C12H14Cl2N2O2/c1-7-10(13)11(14)9(6-15-7)12(18)16(4-5-17)8-2-3-8/h6,8,17H,2-5H2,1H3. The number of aromatic nitrogens is 1. The Labute approximate surface area is 116 Å². The number of halogens is 2. The Morgan fingerprint density at radius 3 is 2.72 bits per heavy atom. The number of carbonyl (C=O) groups is 1. The van der Waals surface area contributed by atoms with Crippen LogP contribution in [0.1, 0.15) is 28.9 Å². The van der Waals surface area contributed by atoms with Crippen molar-refractivity contribution in [1.82, 2.24) is 9.88 Å². The lowest BCUT2D eigenvalue weighted by Crippen LogP contribution is -2.35. The molecule has 1 amide bonds. The number of rotatable bonds is 4. The van der Waals surface area contributed by atoms with Crippen molar-refractivity contribution in [2.24, 2.45) is 0 Å². The molecule has 0 aromatic carbocycles. The van der Waals surface area contributed by atoms with Crippen LogP contribution in [0.3, 0.4) is 0 Å². The van der Waals surface area contributed by atoms with E-state index in [1.165, 1.54) is 6.20 Å². The van der Waals surface area contributed by atoms with Crippen molar-refractivity contribution >= 4 is 29.1 Å². The number of nitrogens with zero attached hydrogens (tertiary/aromatic N) is 2. The van der Waals surface area contributed by atoms with Crippen LogP contribution in [0.5, 0.6) is 0 Å². The third-order valence-electron chi connectivity index (χ3n) is 2.95. The Balaban J connectivity index is 2.29. The Hall–Kier alpha value is -0.840. The van der Waals surface area contributed by atoms with Crippen LogP contribution in [-0.4, -0.2) is 40.1 Å². The Kier molecular flexibility index (Phi) is 4.10. The van der Waals surface area contributed by atoms with Crippen LogP contribution in [0.4, 0.5) is 0 Å². The minimum Gasteiger partial charge on any atom is -0.395 e. The minimum atomic E-state index is -0.217. The lowest BCUT2D eigenvalue weighted by atomic mass is 10.2. The highest BCUT2D eigenvalue weighted by Crippen LogP contribution is 2.32. The van der Waals surface area contributed by atoms with Gasteiger partial charge in [0, 0.05) is 18.8 Å². The summed E-state index contributed by atoms with van der Waals surface area (Å²) in [6.07, 6.45) is 3.38. The molecule has 1 saturated carbocycles. The van der Waals surface area contributed by atoms with Crippen molar-refractivity contribution in [2.75, 3.05) is 13.2 Å². The first kappa shape index (κ1) is 13.6. The molecule has 1 aromatic heterocycles. The van der Waals surface area contributed by atoms with Gasteiger partial charge in [0.1, 0.15) is 0 Å². The fraction of sp³-hybridized carbons (Fsp3) is 0.500. The van der Waals surface area contributed by atoms with Gasteiger partial charge in [-0.05, 0) is 19.8 Å². The smallest absolute Gasteiger partial charge is 0.257 e. The monoisotopic (exact) mass is 288 g/mol. The molecule has 18 heavy (non-hydrogen) atoms. The summed E-state index contributed by atoms with van der Waals surface area (Å²) in [7, 11) is 0. The van der Waals surface area contributed by atoms with Gasteiger partial charge in [0.05, 0.1) is 27.9 Å². The van der Waals surface area contributed by atoms with Gasteiger partial charge >= 0.3 is 0 Å². The van der Waals surface area contributed by atoms with Crippen LogP contribution in [0.25, 0.3) is 0 Å². The molecule has 1 aliphatic rings. The molecule has 1 N–H and O–H groups in total. The molecule has 0 aliphatic heterocycles. The quantitative estimate of drug-likeness (QED) is 0.925. The van der Waals surface area contributed by atoms with Crippen LogP contribution in [-0.2, 0) is 0 Å². The zero-order valence-corrected chi connectivity index (χ0v) is 11.5. The largest absolute Gasteiger partial charge is 0.395 e. The normalized spacial score (nSPS) is 14.7. The molecule has 0 bridgehead atoms. The van der Waals surface area contributed by atoms with Crippen LogP contribution in [0.2, 0.25) is 10.0 Å². The summed E-state index contributed by atoms with van der Waals surface area (Å²) in [6.45, 7) is 1.98. The van der Waals surface area contributed by atoms with Gasteiger partial charge in [0.15, 0.2) is 0 Å². The number of hydrogen-bond donors (Lipinski definition) is 1. The average molecular weight is 289 g/mol. The van der Waals surface area contributed by atoms with E-state index in [0.717, 1.165) is 12.8 Å². The number of aliphatic hydroxyl groups is 1. The maximum Gasteiger partial charge on any atom is 0.257 e. The van der Waals surface area contributed by atoms with Crippen molar-refractivity contribution in [3.63, 3.8) is 0 Å². The number of amides is 1. The molecule has 0 saturated heterocycles. The first-order chi connectivity index (χ1) is 8.56. The first-order valence-electron chi connectivity index (χ1n) is 5.78. The van der Waals surface area contributed by atoms with Gasteiger partial charge in [-0.3, -0.25) is 9.78 Å². The summed E-state index contributed by atoms with van der Waals surface area (Å²) in [5.41, 5.74) is 0.894. The molecule has 1 heterocycles. The van der Waals surface area contributed by atoms with Gasteiger partial charge in [0.2, 0.25) is 0 Å². The maximum absolute atomic E-state index is 12.3. The van der Waals surface area contributed by atoms with E-state index in [4.69, 9.17) is 28.3 Å². The van der Waals surface area contributed by atoms with E-state index >= 15 is 0 Å². The van der Waals surface area contributed by atoms with Gasteiger partial charge in [0.25, 0.3) is 5.91 Å². The maximum atomic E-state index is 12.3. The van der Waals surface area contributed by atoms with Gasteiger partial charge < -0.3 is 10.0 Å². The van der Waals surface area contributed by atoms with E-state index in [0.29, 0.717) is 22.8 Å². The molecular formula is C12H14Cl2N2O2. The Bertz CT molecular complexity index is 475. The summed E-state index contributed by atoms with van der Waals surface area (Å²) in [6, 6.07) is 0.209. The molecule has 1 fully saturated rings. The summed E-state index contributed by atoms with van der Waals surface area (Å²) in [5, 5.41) is 9.55. The van der Waals surface area contributed by atoms with Crippen molar-refractivity contribution in [3.8, 4) is 0 Å². The van der Waals surface area contributed by atoms with Gasteiger partial charge in [-0.1, -0.05) is 23.2 Å². The SMILES string of the molecule is Cc1ncc(C(=O)N(CCO)C2CC2)c(Cl)c1Cl. The fourth-order valence-corrected chi connectivity index (χ4v) is 2.22. The van der Waals surface area contributed by atoms with E-state index in [9.17, 15) is 4.79 Å². The molecule has 0 radical (unpaired) electrons. The van der Waals surface area contributed by atoms with Crippen molar-refractivity contribution in [2.45, 2.75) is 25.8 Å². The second-order valence-corrected chi connectivity index (χ2v) is 5.09. The second kappa shape index (κ2) is 5.43. The number of aryl methyl sites for hydroxylation is 1. The summed E-state index contributed by atoms with van der Waals surface area (Å²) < 4.78 is 0. The third kappa shape index (κ3) is 2.60. The lowest BCUT2D eigenvalue weighted by Gasteiger charge is -2.22. The number of hydrogen-bond acceptors (Lipinski definition) is 3. The van der Waals surface area contributed by atoms with Crippen LogP contribution in [0, 0.1) is 6.92 Å². The first-order valence-corrected chi connectivity index (χ1v) is 6.54. The topological polar surface area (TPSA) is 53.4 Å². The van der Waals surface area contributed by atoms with E-state index in [-0.39, 0.29) is 23.6 Å². The summed E-state index contributed by atoms with van der Waals surface area (Å²) >= 11 is 12.1. The zero-order valence-electron chi connectivity index (χ0n) is 9.99. The molecular weight excluding hydrogens is 275 g/mol. The van der Waals surface area contributed by atoms with Gasteiger partial charge in [-0.15, -0.1) is 0 Å². The Morgan fingerprint density at radius 2 is 2.17 bits per heavy atom. The minimum absolute atomic E-state index is 0.0626. The molecule has 0 unspecified atom stereocenters. The summed E-state index contributed by atoms with van der Waals surface area (Å²) in [5.74, 6) is -0.217. The molecule has 98 valence electrons. The van der Waals surface area contributed by atoms with E-state index in [1.54, 1.807) is 11.8 Å². The van der Waals surface area contributed by atoms with E-state index in [1.807, 2.05) is 0 Å². The predicted octanol–water partition coefficient (Wildman–Crippen LogP) is 2.29. The van der Waals surface area contributed by atoms with Crippen molar-refractivity contribution in [1.29, 1.82) is 0 Å². The third-order valence-corrected chi connectivity index (χ3v) is 3.91. The molecule has 0 atom stereocenters. The predicted molar refractivity (Wildman–Crippen MR) is 70.1 cm³/mol. The number of pyridine rings is 1. The van der Waals surface area contributed by atoms with E-state index < -0.39 is 0 Å². The molecule has 6 heteroatoms. The Morgan fingerprint density at radius 1 is 1.50 bits per heavy atom. The van der Waals surface area contributed by atoms with Crippen molar-refractivity contribution < 1.29 is 9.90 Å². The zero-order chi connectivity index (χ0) is 13.3. The fourth-order valence-electron chi connectivity index (χ4n) is 1.80. The second-order valence-electron chi connectivity index (χ2n) is 4.34. The van der Waals surface area contributed by atoms with Crippen molar-refractivity contribution in [3.05, 3.63) is 27.5 Å². The molecule has 1 aliphatic carbocycles. The summed E-state index contributed by atoms with van der Waals surface area (Å²) in [4.78, 5) is 18.0. The molecule has 1 aromatic rings. The molecule has 2 rings (SSSR count). The highest BCUT2D eigenvalue weighted by atomic mass is 35.5. The highest BCUT2D eigenvalue weighted by molar-refractivity contribution is 6.44. The van der Waals surface area contributed by atoms with Crippen LogP contribution in [0.15, 0.2) is 6.20 Å². The van der Waals surface area contributed by atoms with E-state index in [2.05, 4.69) is 4.98 Å².